The number of esters is 1. The molecule has 0 aliphatic heterocycles. The van der Waals surface area contributed by atoms with Crippen LogP contribution in [-0.4, -0.2) is 41.0 Å². The number of benzene rings is 1. The summed E-state index contributed by atoms with van der Waals surface area (Å²) in [5, 5.41) is 10.9. The number of hydrogen-bond donors (Lipinski definition) is 1. The van der Waals surface area contributed by atoms with Crippen molar-refractivity contribution in [1.29, 1.82) is 0 Å². The maximum Gasteiger partial charge on any atom is 0.316 e. The number of nitrogens with one attached hydrogen (secondary N) is 1. The summed E-state index contributed by atoms with van der Waals surface area (Å²) in [6, 6.07) is 7.53. The number of nitrogens with zero attached hydrogens (tertiary/aromatic N) is 2. The second-order valence-corrected chi connectivity index (χ2v) is 7.26. The van der Waals surface area contributed by atoms with Gasteiger partial charge in [0.15, 0.2) is 10.4 Å². The van der Waals surface area contributed by atoms with Crippen LogP contribution in [0.1, 0.15) is 18.9 Å². The summed E-state index contributed by atoms with van der Waals surface area (Å²) in [5.74, 6) is 0.161. The van der Waals surface area contributed by atoms with Crippen LogP contribution < -0.4 is 10.1 Å². The van der Waals surface area contributed by atoms with Gasteiger partial charge in [0.2, 0.25) is 5.13 Å². The van der Waals surface area contributed by atoms with Gasteiger partial charge in [-0.25, -0.2) is 0 Å². The van der Waals surface area contributed by atoms with Crippen molar-refractivity contribution in [2.24, 2.45) is 0 Å². The Morgan fingerprint density at radius 2 is 2.16 bits per heavy atom. The average Bonchev–Trinajstić information content (AvgIpc) is 3.04. The van der Waals surface area contributed by atoms with Gasteiger partial charge in [-0.1, -0.05) is 42.2 Å². The summed E-state index contributed by atoms with van der Waals surface area (Å²) in [4.78, 5) is 23.5. The highest BCUT2D eigenvalue weighted by atomic mass is 32.2. The van der Waals surface area contributed by atoms with E-state index in [2.05, 4.69) is 20.3 Å². The molecule has 0 bridgehead atoms. The number of anilines is 1. The first-order valence-electron chi connectivity index (χ1n) is 7.59. The molecular weight excluding hydrogens is 362 g/mol. The smallest absolute Gasteiger partial charge is 0.316 e. The molecule has 1 heterocycles. The maximum absolute atomic E-state index is 12.4. The summed E-state index contributed by atoms with van der Waals surface area (Å²) in [7, 11) is 1.33. The summed E-state index contributed by atoms with van der Waals surface area (Å²) < 4.78 is 10.9. The molecule has 2 aromatic rings. The van der Waals surface area contributed by atoms with E-state index in [1.54, 1.807) is 0 Å². The standard InChI is InChI=1S/C16H19N3O4S2/c1-4-12(23-11-7-5-6-10(2)8-11)14(21)17-15-18-19-16(25-15)24-9-13(20)22-3/h5-8,12H,4,9H2,1-3H3,(H,17,18,21)/t12-/m1/s1. The molecule has 1 aromatic heterocycles. The van der Waals surface area contributed by atoms with E-state index < -0.39 is 6.10 Å². The molecule has 0 fully saturated rings. The molecule has 0 spiro atoms. The van der Waals surface area contributed by atoms with Gasteiger partial charge in [0.05, 0.1) is 12.9 Å². The Kier molecular flexibility index (Phi) is 7.20. The average molecular weight is 381 g/mol. The SMILES string of the molecule is CC[C@@H](Oc1cccc(C)c1)C(=O)Nc1nnc(SCC(=O)OC)s1. The number of carbonyl (C=O) groups is 2. The number of ether oxygens (including phenoxy) is 2. The Labute approximate surface area is 154 Å². The monoisotopic (exact) mass is 381 g/mol. The molecule has 0 radical (unpaired) electrons. The molecule has 0 saturated heterocycles. The molecule has 0 saturated carbocycles. The number of amides is 1. The van der Waals surface area contributed by atoms with Crippen molar-refractivity contribution in [2.45, 2.75) is 30.7 Å². The number of rotatable bonds is 8. The van der Waals surface area contributed by atoms with E-state index in [1.807, 2.05) is 38.1 Å². The van der Waals surface area contributed by atoms with E-state index in [-0.39, 0.29) is 17.6 Å². The fourth-order valence-corrected chi connectivity index (χ4v) is 3.45. The van der Waals surface area contributed by atoms with E-state index in [0.717, 1.165) is 5.56 Å². The fourth-order valence-electron chi connectivity index (χ4n) is 1.86. The molecule has 2 rings (SSSR count). The Bertz CT molecular complexity index is 736. The third kappa shape index (κ3) is 6.02. The van der Waals surface area contributed by atoms with Crippen LogP contribution >= 0.6 is 23.1 Å². The molecule has 1 aromatic carbocycles. The number of methoxy groups -OCH3 is 1. The van der Waals surface area contributed by atoms with Crippen molar-refractivity contribution in [3.8, 4) is 5.75 Å². The molecule has 1 N–H and O–H groups in total. The zero-order chi connectivity index (χ0) is 18.2. The molecule has 25 heavy (non-hydrogen) atoms. The van der Waals surface area contributed by atoms with Crippen LogP contribution in [0.15, 0.2) is 28.6 Å². The lowest BCUT2D eigenvalue weighted by Gasteiger charge is -2.16. The van der Waals surface area contributed by atoms with Gasteiger partial charge in [-0.3, -0.25) is 14.9 Å². The van der Waals surface area contributed by atoms with Gasteiger partial charge in [0, 0.05) is 0 Å². The normalized spacial score (nSPS) is 11.6. The minimum Gasteiger partial charge on any atom is -0.481 e. The van der Waals surface area contributed by atoms with Crippen molar-refractivity contribution >= 4 is 40.1 Å². The van der Waals surface area contributed by atoms with Crippen LogP contribution in [0, 0.1) is 6.92 Å². The highest BCUT2D eigenvalue weighted by Crippen LogP contribution is 2.26. The lowest BCUT2D eigenvalue weighted by Crippen LogP contribution is -2.32. The van der Waals surface area contributed by atoms with Crippen molar-refractivity contribution in [3.63, 3.8) is 0 Å². The number of carbonyl (C=O) groups excluding carboxylic acids is 2. The van der Waals surface area contributed by atoms with E-state index in [9.17, 15) is 9.59 Å². The first kappa shape index (κ1) is 19.2. The number of thioether (sulfide) groups is 1. The van der Waals surface area contributed by atoms with Crippen molar-refractivity contribution in [1.82, 2.24) is 10.2 Å². The molecule has 0 unspecified atom stereocenters. The predicted molar refractivity (Wildman–Crippen MR) is 97.2 cm³/mol. The van der Waals surface area contributed by atoms with Gasteiger partial charge in [0.1, 0.15) is 5.75 Å². The van der Waals surface area contributed by atoms with E-state index in [0.29, 0.717) is 21.6 Å². The maximum atomic E-state index is 12.4. The number of hydrogen-bond acceptors (Lipinski definition) is 8. The lowest BCUT2D eigenvalue weighted by atomic mass is 10.2. The topological polar surface area (TPSA) is 90.4 Å². The second-order valence-electron chi connectivity index (χ2n) is 5.06. The van der Waals surface area contributed by atoms with Crippen LogP contribution in [0.25, 0.3) is 0 Å². The first-order chi connectivity index (χ1) is 12.0. The van der Waals surface area contributed by atoms with Gasteiger partial charge in [-0.2, -0.15) is 0 Å². The molecule has 0 aliphatic carbocycles. The highest BCUT2D eigenvalue weighted by molar-refractivity contribution is 8.01. The molecule has 9 heteroatoms. The van der Waals surface area contributed by atoms with Gasteiger partial charge in [-0.05, 0) is 31.0 Å². The second kappa shape index (κ2) is 9.38. The highest BCUT2D eigenvalue weighted by Gasteiger charge is 2.20. The zero-order valence-electron chi connectivity index (χ0n) is 14.1. The number of aryl methyl sites for hydroxylation is 1. The number of aromatic nitrogens is 2. The van der Waals surface area contributed by atoms with Gasteiger partial charge in [-0.15, -0.1) is 10.2 Å². The molecular formula is C16H19N3O4S2. The summed E-state index contributed by atoms with van der Waals surface area (Å²) in [6.45, 7) is 3.83. The summed E-state index contributed by atoms with van der Waals surface area (Å²) in [5.41, 5.74) is 1.06. The Balaban J connectivity index is 1.93. The van der Waals surface area contributed by atoms with Gasteiger partial charge >= 0.3 is 5.97 Å². The van der Waals surface area contributed by atoms with Crippen molar-refractivity contribution < 1.29 is 19.1 Å². The van der Waals surface area contributed by atoms with Crippen LogP contribution in [0.3, 0.4) is 0 Å². The molecule has 1 atom stereocenters. The van der Waals surface area contributed by atoms with Crippen LogP contribution in [-0.2, 0) is 14.3 Å². The summed E-state index contributed by atoms with van der Waals surface area (Å²) >= 11 is 2.40. The summed E-state index contributed by atoms with van der Waals surface area (Å²) in [6.07, 6.45) is -0.112. The van der Waals surface area contributed by atoms with Crippen LogP contribution in [0.5, 0.6) is 5.75 Å². The zero-order valence-corrected chi connectivity index (χ0v) is 15.8. The Morgan fingerprint density at radius 3 is 2.84 bits per heavy atom. The predicted octanol–water partition coefficient (Wildman–Crippen LogP) is 2.91. The fraction of sp³-hybridized carbons (Fsp3) is 0.375. The minimum absolute atomic E-state index is 0.146. The van der Waals surface area contributed by atoms with Crippen molar-refractivity contribution in [3.05, 3.63) is 29.8 Å². The van der Waals surface area contributed by atoms with Crippen LogP contribution in [0.4, 0.5) is 5.13 Å². The van der Waals surface area contributed by atoms with Gasteiger partial charge in [0.25, 0.3) is 5.91 Å². The quantitative estimate of drug-likeness (QED) is 0.427. The first-order valence-corrected chi connectivity index (χ1v) is 9.39. The third-order valence-corrected chi connectivity index (χ3v) is 5.05. The van der Waals surface area contributed by atoms with Gasteiger partial charge < -0.3 is 9.47 Å². The lowest BCUT2D eigenvalue weighted by molar-refractivity contribution is -0.137. The van der Waals surface area contributed by atoms with Crippen LogP contribution in [0.2, 0.25) is 0 Å². The third-order valence-electron chi connectivity index (χ3n) is 3.11. The molecule has 7 nitrogen and oxygen atoms in total. The van der Waals surface area contributed by atoms with Crippen molar-refractivity contribution in [2.75, 3.05) is 18.2 Å². The van der Waals surface area contributed by atoms with E-state index in [1.165, 1.54) is 30.2 Å². The van der Waals surface area contributed by atoms with E-state index >= 15 is 0 Å². The largest absolute Gasteiger partial charge is 0.481 e. The molecule has 134 valence electrons. The minimum atomic E-state index is -0.628. The van der Waals surface area contributed by atoms with E-state index in [4.69, 9.17) is 4.74 Å². The Hall–Kier alpha value is -2.13. The molecule has 1 amide bonds. The Morgan fingerprint density at radius 1 is 1.36 bits per heavy atom. The molecule has 0 aliphatic rings.